The van der Waals surface area contributed by atoms with Crippen molar-refractivity contribution in [3.05, 3.63) is 0 Å². The highest BCUT2D eigenvalue weighted by Gasteiger charge is 1.90. The van der Waals surface area contributed by atoms with E-state index in [1.165, 1.54) is 0 Å². The van der Waals surface area contributed by atoms with Gasteiger partial charge in [-0.25, -0.2) is 0 Å². The fourth-order valence-electron chi connectivity index (χ4n) is 0.347. The monoisotopic (exact) mass is 133 g/mol. The molecule has 0 saturated heterocycles. The Hall–Kier alpha value is -0.180. The molecular weight excluding hydrogens is 122 g/mol. The number of rotatable bonds is 3. The van der Waals surface area contributed by atoms with E-state index in [-0.39, 0.29) is 0 Å². The van der Waals surface area contributed by atoms with Crippen LogP contribution in [0.25, 0.3) is 0 Å². The summed E-state index contributed by atoms with van der Waals surface area (Å²) in [5.74, 6) is 1.06. The largest absolute Gasteiger partial charge is 0.481 e. The van der Waals surface area contributed by atoms with Gasteiger partial charge in [0, 0.05) is 0 Å². The quantitative estimate of drug-likeness (QED) is 0.466. The average molecular weight is 133 g/mol. The smallest absolute Gasteiger partial charge is 0.190 e. The topological polar surface area (TPSA) is 33.1 Å². The van der Waals surface area contributed by atoms with Crippen molar-refractivity contribution in [2.24, 2.45) is 0 Å². The van der Waals surface area contributed by atoms with Crippen LogP contribution in [0, 0.1) is 5.41 Å². The van der Waals surface area contributed by atoms with Crippen LogP contribution in [0.2, 0.25) is 0 Å². The summed E-state index contributed by atoms with van der Waals surface area (Å²) in [7, 11) is 0. The van der Waals surface area contributed by atoms with E-state index in [1.54, 1.807) is 11.8 Å². The van der Waals surface area contributed by atoms with Gasteiger partial charge in [-0.05, 0) is 13.2 Å². The Morgan fingerprint density at radius 2 is 2.38 bits per heavy atom. The molecule has 0 aliphatic carbocycles. The van der Waals surface area contributed by atoms with Gasteiger partial charge >= 0.3 is 0 Å². The van der Waals surface area contributed by atoms with Crippen molar-refractivity contribution < 1.29 is 4.74 Å². The van der Waals surface area contributed by atoms with Crippen molar-refractivity contribution in [2.75, 3.05) is 18.6 Å². The fraction of sp³-hybridized carbons (Fsp3) is 0.800. The number of ether oxygens (including phenoxy) is 1. The molecule has 0 aliphatic rings. The van der Waals surface area contributed by atoms with Crippen molar-refractivity contribution >= 4 is 17.7 Å². The van der Waals surface area contributed by atoms with Gasteiger partial charge in [0.2, 0.25) is 0 Å². The molecule has 0 amide bonds. The predicted molar refractivity (Wildman–Crippen MR) is 37.7 cm³/mol. The summed E-state index contributed by atoms with van der Waals surface area (Å²) in [5.41, 5.74) is 0. The molecule has 0 heterocycles. The summed E-state index contributed by atoms with van der Waals surface area (Å²) in [5, 5.41) is 7.05. The van der Waals surface area contributed by atoms with E-state index in [9.17, 15) is 0 Å². The van der Waals surface area contributed by atoms with Gasteiger partial charge in [-0.15, -0.1) is 0 Å². The Balaban J connectivity index is 3.06. The molecule has 0 saturated carbocycles. The lowest BCUT2D eigenvalue weighted by Gasteiger charge is -2.00. The summed E-state index contributed by atoms with van der Waals surface area (Å²) >= 11 is 1.60. The predicted octanol–water partition coefficient (Wildman–Crippen LogP) is 1.36. The van der Waals surface area contributed by atoms with Crippen LogP contribution >= 0.6 is 11.8 Å². The summed E-state index contributed by atoms with van der Waals surface area (Å²) in [6.45, 7) is 2.49. The van der Waals surface area contributed by atoms with Crippen molar-refractivity contribution in [2.45, 2.75) is 6.92 Å². The third-order valence-corrected chi connectivity index (χ3v) is 1.14. The summed E-state index contributed by atoms with van der Waals surface area (Å²) in [6.07, 6.45) is 1.95. The van der Waals surface area contributed by atoms with E-state index < -0.39 is 0 Å². The normalized spacial score (nSPS) is 8.75. The molecule has 0 unspecified atom stereocenters. The van der Waals surface area contributed by atoms with Crippen LogP contribution in [-0.4, -0.2) is 24.5 Å². The maximum Gasteiger partial charge on any atom is 0.190 e. The van der Waals surface area contributed by atoms with E-state index >= 15 is 0 Å². The molecule has 0 radical (unpaired) electrons. The van der Waals surface area contributed by atoms with Gasteiger partial charge in [0.15, 0.2) is 5.90 Å². The fourth-order valence-corrected chi connectivity index (χ4v) is 0.693. The second kappa shape index (κ2) is 4.97. The van der Waals surface area contributed by atoms with Gasteiger partial charge in [-0.3, -0.25) is 5.41 Å². The van der Waals surface area contributed by atoms with Crippen molar-refractivity contribution in [3.63, 3.8) is 0 Å². The van der Waals surface area contributed by atoms with E-state index in [1.807, 2.05) is 13.2 Å². The van der Waals surface area contributed by atoms with Crippen LogP contribution in [-0.2, 0) is 4.74 Å². The third kappa shape index (κ3) is 3.99. The molecule has 0 rings (SSSR count). The first-order valence-corrected chi connectivity index (χ1v) is 3.89. The molecule has 0 aromatic heterocycles. The maximum atomic E-state index is 7.05. The van der Waals surface area contributed by atoms with Crippen LogP contribution < -0.4 is 0 Å². The third-order valence-electron chi connectivity index (χ3n) is 0.594. The van der Waals surface area contributed by atoms with E-state index in [4.69, 9.17) is 10.1 Å². The molecule has 0 bridgehead atoms. The minimum absolute atomic E-state index is 0.375. The minimum atomic E-state index is 0.375. The first-order valence-electron chi connectivity index (χ1n) is 2.50. The highest BCUT2D eigenvalue weighted by atomic mass is 32.2. The Kier molecular flexibility index (Phi) is 4.85. The molecule has 0 spiro atoms. The SMILES string of the molecule is CCOC(=N)CSC. The number of thioether (sulfide) groups is 1. The molecule has 0 atom stereocenters. The van der Waals surface area contributed by atoms with Gasteiger partial charge in [-0.2, -0.15) is 11.8 Å². The molecule has 0 aliphatic heterocycles. The lowest BCUT2D eigenvalue weighted by atomic mass is 10.7. The van der Waals surface area contributed by atoms with Gasteiger partial charge < -0.3 is 4.74 Å². The number of hydrogen-bond acceptors (Lipinski definition) is 3. The van der Waals surface area contributed by atoms with Crippen molar-refractivity contribution in [3.8, 4) is 0 Å². The van der Waals surface area contributed by atoms with Crippen LogP contribution in [0.15, 0.2) is 0 Å². The van der Waals surface area contributed by atoms with Crippen molar-refractivity contribution in [1.82, 2.24) is 0 Å². The summed E-state index contributed by atoms with van der Waals surface area (Å²) in [4.78, 5) is 0. The Morgan fingerprint density at radius 3 is 2.75 bits per heavy atom. The maximum absolute atomic E-state index is 7.05. The average Bonchev–Trinajstić information content (AvgIpc) is 1.68. The second-order valence-electron chi connectivity index (χ2n) is 1.29. The molecule has 8 heavy (non-hydrogen) atoms. The van der Waals surface area contributed by atoms with Gasteiger partial charge in [0.1, 0.15) is 0 Å². The zero-order chi connectivity index (χ0) is 6.41. The lowest BCUT2D eigenvalue weighted by molar-refractivity contribution is 0.322. The Bertz CT molecular complexity index is 66.8. The van der Waals surface area contributed by atoms with Crippen LogP contribution in [0.5, 0.6) is 0 Å². The minimum Gasteiger partial charge on any atom is -0.481 e. The standard InChI is InChI=1S/C5H11NOS/c1-3-7-5(6)4-8-2/h6H,3-4H2,1-2H3. The number of hydrogen-bond donors (Lipinski definition) is 1. The molecule has 3 heteroatoms. The van der Waals surface area contributed by atoms with Crippen molar-refractivity contribution in [1.29, 1.82) is 5.41 Å². The number of nitrogens with one attached hydrogen (secondary N) is 1. The highest BCUT2D eigenvalue weighted by Crippen LogP contribution is 1.92. The molecular formula is C5H11NOS. The van der Waals surface area contributed by atoms with Gasteiger partial charge in [0.05, 0.1) is 12.4 Å². The first-order chi connectivity index (χ1) is 3.81. The summed E-state index contributed by atoms with van der Waals surface area (Å²) in [6, 6.07) is 0. The Labute approximate surface area is 54.1 Å². The van der Waals surface area contributed by atoms with E-state index in [0.29, 0.717) is 18.3 Å². The molecule has 0 fully saturated rings. The molecule has 2 nitrogen and oxygen atoms in total. The van der Waals surface area contributed by atoms with Crippen LogP contribution in [0.3, 0.4) is 0 Å². The highest BCUT2D eigenvalue weighted by molar-refractivity contribution is 7.99. The first kappa shape index (κ1) is 7.82. The molecule has 48 valence electrons. The zero-order valence-corrected chi connectivity index (χ0v) is 6.05. The van der Waals surface area contributed by atoms with E-state index in [0.717, 1.165) is 0 Å². The van der Waals surface area contributed by atoms with Gasteiger partial charge in [0.25, 0.3) is 0 Å². The van der Waals surface area contributed by atoms with Gasteiger partial charge in [-0.1, -0.05) is 0 Å². The van der Waals surface area contributed by atoms with E-state index in [2.05, 4.69) is 0 Å². The summed E-state index contributed by atoms with van der Waals surface area (Å²) < 4.78 is 4.84. The second-order valence-corrected chi connectivity index (χ2v) is 2.16. The zero-order valence-electron chi connectivity index (χ0n) is 5.23. The molecule has 0 aromatic rings. The van der Waals surface area contributed by atoms with Crippen LogP contribution in [0.4, 0.5) is 0 Å². The Morgan fingerprint density at radius 1 is 1.75 bits per heavy atom. The molecule has 1 N–H and O–H groups in total. The lowest BCUT2D eigenvalue weighted by Crippen LogP contribution is -2.04. The molecule has 0 aromatic carbocycles. The van der Waals surface area contributed by atoms with Crippen LogP contribution in [0.1, 0.15) is 6.92 Å².